The minimum Gasteiger partial charge on any atom is -0.497 e. The predicted molar refractivity (Wildman–Crippen MR) is 135 cm³/mol. The number of carbonyl (C=O) groups is 1. The first kappa shape index (κ1) is 23.6. The van der Waals surface area contributed by atoms with Crippen molar-refractivity contribution < 1.29 is 19.0 Å². The van der Waals surface area contributed by atoms with Crippen molar-refractivity contribution in [3.8, 4) is 17.2 Å². The Kier molecular flexibility index (Phi) is 8.77. The highest BCUT2D eigenvalue weighted by Crippen LogP contribution is 2.35. The van der Waals surface area contributed by atoms with E-state index in [9.17, 15) is 4.79 Å². The number of benzene rings is 2. The molecular formula is C23H27IN2O4S. The van der Waals surface area contributed by atoms with Crippen molar-refractivity contribution >= 4 is 51.4 Å². The molecule has 0 spiro atoms. The molecule has 1 saturated heterocycles. The lowest BCUT2D eigenvalue weighted by molar-refractivity contribution is -0.118. The van der Waals surface area contributed by atoms with Crippen LogP contribution in [0, 0.1) is 3.57 Å². The highest BCUT2D eigenvalue weighted by molar-refractivity contribution is 14.1. The maximum atomic E-state index is 12.4. The number of methoxy groups -OCH3 is 1. The number of anilines is 1. The van der Waals surface area contributed by atoms with Crippen LogP contribution in [0.25, 0.3) is 0 Å². The third-order valence-corrected chi connectivity index (χ3v) is 6.22. The van der Waals surface area contributed by atoms with Gasteiger partial charge in [-0.2, -0.15) is 0 Å². The molecule has 1 aliphatic rings. The molecule has 1 heterocycles. The number of rotatable bonds is 8. The average Bonchev–Trinajstić information content (AvgIpc) is 2.79. The first-order valence-electron chi connectivity index (χ1n) is 10.3. The number of likely N-dealkylation sites (tertiary alicyclic amines) is 1. The lowest BCUT2D eigenvalue weighted by atomic mass is 10.1. The Labute approximate surface area is 202 Å². The second-order valence-corrected chi connectivity index (χ2v) is 8.69. The van der Waals surface area contributed by atoms with Gasteiger partial charge in [0.25, 0.3) is 5.91 Å². The quantitative estimate of drug-likeness (QED) is 0.371. The minimum absolute atomic E-state index is 0.127. The molecule has 2 aromatic carbocycles. The van der Waals surface area contributed by atoms with E-state index in [0.717, 1.165) is 33.0 Å². The van der Waals surface area contributed by atoms with Gasteiger partial charge in [0, 0.05) is 24.3 Å². The molecule has 0 atom stereocenters. The number of carbonyl (C=O) groups excluding carboxylic acids is 1. The van der Waals surface area contributed by atoms with Crippen LogP contribution in [0.1, 0.15) is 31.7 Å². The topological polar surface area (TPSA) is 60.0 Å². The van der Waals surface area contributed by atoms with E-state index in [-0.39, 0.29) is 12.5 Å². The third kappa shape index (κ3) is 6.46. The summed E-state index contributed by atoms with van der Waals surface area (Å²) in [5, 5.41) is 2.82. The molecule has 1 amide bonds. The smallest absolute Gasteiger partial charge is 0.262 e. The number of hydrogen-bond donors (Lipinski definition) is 1. The minimum atomic E-state index is -0.253. The SMILES string of the molecule is CCOc1cc(C(=S)N2CCCCC2)cc(I)c1OCC(=O)Nc1ccc(OC)cc1. The van der Waals surface area contributed by atoms with E-state index in [2.05, 4.69) is 32.8 Å². The number of hydrogen-bond acceptors (Lipinski definition) is 5. The number of piperidine rings is 1. The van der Waals surface area contributed by atoms with Crippen molar-refractivity contribution in [1.29, 1.82) is 0 Å². The van der Waals surface area contributed by atoms with Crippen molar-refractivity contribution in [3.63, 3.8) is 0 Å². The van der Waals surface area contributed by atoms with Crippen LogP contribution in [0.2, 0.25) is 0 Å². The van der Waals surface area contributed by atoms with E-state index in [1.54, 1.807) is 31.4 Å². The van der Waals surface area contributed by atoms with Gasteiger partial charge in [0.15, 0.2) is 18.1 Å². The van der Waals surface area contributed by atoms with Gasteiger partial charge in [0.2, 0.25) is 0 Å². The molecule has 31 heavy (non-hydrogen) atoms. The molecular weight excluding hydrogens is 527 g/mol. The van der Waals surface area contributed by atoms with Gasteiger partial charge in [-0.15, -0.1) is 0 Å². The summed E-state index contributed by atoms with van der Waals surface area (Å²) in [7, 11) is 1.60. The van der Waals surface area contributed by atoms with Gasteiger partial charge >= 0.3 is 0 Å². The fourth-order valence-electron chi connectivity index (χ4n) is 3.38. The molecule has 1 aliphatic heterocycles. The lowest BCUT2D eigenvalue weighted by Gasteiger charge is -2.29. The van der Waals surface area contributed by atoms with Crippen molar-refractivity contribution in [2.45, 2.75) is 26.2 Å². The first-order chi connectivity index (χ1) is 15.0. The van der Waals surface area contributed by atoms with Gasteiger partial charge in [-0.25, -0.2) is 0 Å². The molecule has 6 nitrogen and oxygen atoms in total. The zero-order valence-corrected chi connectivity index (χ0v) is 20.8. The highest BCUT2D eigenvalue weighted by atomic mass is 127. The summed E-state index contributed by atoms with van der Waals surface area (Å²) in [6.45, 7) is 4.26. The molecule has 0 unspecified atom stereocenters. The van der Waals surface area contributed by atoms with Gasteiger partial charge in [-0.05, 0) is 85.2 Å². The van der Waals surface area contributed by atoms with Crippen molar-refractivity contribution in [2.24, 2.45) is 0 Å². The van der Waals surface area contributed by atoms with Crippen LogP contribution in [-0.2, 0) is 4.79 Å². The number of halogens is 1. The molecule has 166 valence electrons. The maximum Gasteiger partial charge on any atom is 0.262 e. The predicted octanol–water partition coefficient (Wildman–Crippen LogP) is 4.88. The van der Waals surface area contributed by atoms with Gasteiger partial charge in [-0.1, -0.05) is 12.2 Å². The van der Waals surface area contributed by atoms with Gasteiger partial charge in [0.1, 0.15) is 10.7 Å². The monoisotopic (exact) mass is 554 g/mol. The molecule has 0 aliphatic carbocycles. The molecule has 0 radical (unpaired) electrons. The van der Waals surface area contributed by atoms with Gasteiger partial charge in [-0.3, -0.25) is 4.79 Å². The number of nitrogens with one attached hydrogen (secondary N) is 1. The molecule has 0 bridgehead atoms. The molecule has 0 aromatic heterocycles. The summed E-state index contributed by atoms with van der Waals surface area (Å²) in [5.41, 5.74) is 1.62. The number of ether oxygens (including phenoxy) is 3. The van der Waals surface area contributed by atoms with Crippen molar-refractivity contribution in [1.82, 2.24) is 4.90 Å². The summed E-state index contributed by atoms with van der Waals surface area (Å²) in [6.07, 6.45) is 3.59. The molecule has 3 rings (SSSR count). The first-order valence-corrected chi connectivity index (χ1v) is 11.8. The lowest BCUT2D eigenvalue weighted by Crippen LogP contribution is -2.35. The van der Waals surface area contributed by atoms with Crippen LogP contribution in [0.5, 0.6) is 17.2 Å². The van der Waals surface area contributed by atoms with Gasteiger partial charge in [0.05, 0.1) is 17.3 Å². The fourth-order valence-corrected chi connectivity index (χ4v) is 4.44. The molecule has 8 heteroatoms. The summed E-state index contributed by atoms with van der Waals surface area (Å²) in [5.74, 6) is 1.63. The Morgan fingerprint density at radius 2 is 1.84 bits per heavy atom. The van der Waals surface area contributed by atoms with E-state index in [4.69, 9.17) is 26.4 Å². The molecule has 1 N–H and O–H groups in total. The molecule has 2 aromatic rings. The Morgan fingerprint density at radius 3 is 2.48 bits per heavy atom. The standard InChI is InChI=1S/C23H27IN2O4S/c1-3-29-20-14-16(23(31)26-11-5-4-6-12-26)13-19(24)22(20)30-15-21(27)25-17-7-9-18(28-2)10-8-17/h7-10,13-14H,3-6,11-12,15H2,1-2H3,(H,25,27). The average molecular weight is 554 g/mol. The summed E-state index contributed by atoms with van der Waals surface area (Å²) in [6, 6.07) is 11.0. The Morgan fingerprint density at radius 1 is 1.13 bits per heavy atom. The second kappa shape index (κ2) is 11.5. The largest absolute Gasteiger partial charge is 0.497 e. The summed E-state index contributed by atoms with van der Waals surface area (Å²) >= 11 is 7.94. The van der Waals surface area contributed by atoms with E-state index in [1.807, 2.05) is 19.1 Å². The van der Waals surface area contributed by atoms with Crippen molar-refractivity contribution in [2.75, 3.05) is 38.7 Å². The van der Waals surface area contributed by atoms with E-state index in [1.165, 1.54) is 19.3 Å². The molecule has 1 fully saturated rings. The van der Waals surface area contributed by atoms with Crippen LogP contribution in [0.15, 0.2) is 36.4 Å². The van der Waals surface area contributed by atoms with Crippen LogP contribution < -0.4 is 19.5 Å². The van der Waals surface area contributed by atoms with Crippen LogP contribution in [-0.4, -0.2) is 49.2 Å². The van der Waals surface area contributed by atoms with Gasteiger partial charge < -0.3 is 24.4 Å². The van der Waals surface area contributed by atoms with E-state index in [0.29, 0.717) is 23.8 Å². The summed E-state index contributed by atoms with van der Waals surface area (Å²) < 4.78 is 17.7. The molecule has 0 saturated carbocycles. The fraction of sp³-hybridized carbons (Fsp3) is 0.391. The Balaban J connectivity index is 1.69. The highest BCUT2D eigenvalue weighted by Gasteiger charge is 2.20. The second-order valence-electron chi connectivity index (χ2n) is 7.14. The summed E-state index contributed by atoms with van der Waals surface area (Å²) in [4.78, 5) is 15.5. The third-order valence-electron chi connectivity index (χ3n) is 4.92. The van der Waals surface area contributed by atoms with E-state index < -0.39 is 0 Å². The zero-order chi connectivity index (χ0) is 22.2. The van der Waals surface area contributed by atoms with Crippen LogP contribution >= 0.6 is 34.8 Å². The Hall–Kier alpha value is -2.07. The Bertz CT molecular complexity index is 915. The number of amides is 1. The zero-order valence-electron chi connectivity index (χ0n) is 17.8. The van der Waals surface area contributed by atoms with Crippen molar-refractivity contribution in [3.05, 3.63) is 45.5 Å². The number of thiocarbonyl (C=S) groups is 1. The van der Waals surface area contributed by atoms with Crippen LogP contribution in [0.4, 0.5) is 5.69 Å². The normalized spacial score (nSPS) is 13.5. The van der Waals surface area contributed by atoms with E-state index >= 15 is 0 Å². The maximum absolute atomic E-state index is 12.4. The number of nitrogens with zero attached hydrogens (tertiary/aromatic N) is 1. The van der Waals surface area contributed by atoms with Crippen LogP contribution in [0.3, 0.4) is 0 Å².